The molecule has 88 valence electrons. The van der Waals surface area contributed by atoms with Gasteiger partial charge in [-0.15, -0.1) is 0 Å². The fraction of sp³-hybridized carbons (Fsp3) is 0.0769. The largest absolute Gasteiger partial charge is 0.278 e. The minimum absolute atomic E-state index is 0.445. The second-order valence-corrected chi connectivity index (χ2v) is 3.30. The lowest BCUT2D eigenvalue weighted by atomic mass is 10.2. The van der Waals surface area contributed by atoms with Crippen molar-refractivity contribution in [1.29, 1.82) is 0 Å². The zero-order valence-corrected chi connectivity index (χ0v) is 9.65. The van der Waals surface area contributed by atoms with E-state index < -0.39 is 5.83 Å². The van der Waals surface area contributed by atoms with Crippen LogP contribution in [0.5, 0.6) is 0 Å². The van der Waals surface area contributed by atoms with E-state index in [4.69, 9.17) is 0 Å². The van der Waals surface area contributed by atoms with Crippen molar-refractivity contribution in [2.45, 2.75) is 6.92 Å². The molecule has 0 aromatic carbocycles. The summed E-state index contributed by atoms with van der Waals surface area (Å²) in [5, 5.41) is 4.10. The molecule has 17 heavy (non-hydrogen) atoms. The third-order valence-electron chi connectivity index (χ3n) is 1.96. The normalized spacial score (nSPS) is 12.1. The van der Waals surface area contributed by atoms with E-state index in [1.54, 1.807) is 12.4 Å². The summed E-state index contributed by atoms with van der Waals surface area (Å²) >= 11 is 0. The van der Waals surface area contributed by atoms with Crippen molar-refractivity contribution in [3.63, 3.8) is 0 Å². The van der Waals surface area contributed by atoms with Crippen molar-refractivity contribution >= 4 is 5.71 Å². The maximum absolute atomic E-state index is 12.6. The number of hydrazone groups is 1. The average Bonchev–Trinajstić information content (AvgIpc) is 2.34. The van der Waals surface area contributed by atoms with Gasteiger partial charge >= 0.3 is 0 Å². The lowest BCUT2D eigenvalue weighted by molar-refractivity contribution is 0.667. The first kappa shape index (κ1) is 12.8. The zero-order valence-electron chi connectivity index (χ0n) is 9.65. The van der Waals surface area contributed by atoms with Gasteiger partial charge in [0.05, 0.1) is 11.4 Å². The van der Waals surface area contributed by atoms with Crippen molar-refractivity contribution in [2.75, 3.05) is 0 Å². The Hall–Kier alpha value is -2.23. The summed E-state index contributed by atoms with van der Waals surface area (Å²) in [6.07, 6.45) is 6.07. The Morgan fingerprint density at radius 1 is 1.59 bits per heavy atom. The van der Waals surface area contributed by atoms with Gasteiger partial charge in [0.2, 0.25) is 0 Å². The second kappa shape index (κ2) is 6.37. The summed E-state index contributed by atoms with van der Waals surface area (Å²) in [6, 6.07) is 3.71. The summed E-state index contributed by atoms with van der Waals surface area (Å²) in [5.41, 5.74) is 4.78. The Morgan fingerprint density at radius 3 is 2.88 bits per heavy atom. The highest BCUT2D eigenvalue weighted by molar-refractivity contribution is 5.98. The van der Waals surface area contributed by atoms with Gasteiger partial charge in [-0.25, -0.2) is 4.39 Å². The number of halogens is 1. The zero-order chi connectivity index (χ0) is 12.7. The molecule has 0 aliphatic heterocycles. The van der Waals surface area contributed by atoms with E-state index in [2.05, 4.69) is 28.7 Å². The number of nitrogens with one attached hydrogen (secondary N) is 1. The van der Waals surface area contributed by atoms with Gasteiger partial charge in [-0.05, 0) is 25.1 Å². The van der Waals surface area contributed by atoms with Crippen LogP contribution in [0, 0.1) is 0 Å². The van der Waals surface area contributed by atoms with Crippen LogP contribution < -0.4 is 5.43 Å². The molecule has 1 aromatic heterocycles. The number of rotatable bonds is 5. The third kappa shape index (κ3) is 4.42. The molecule has 3 nitrogen and oxygen atoms in total. The number of pyridine rings is 1. The smallest absolute Gasteiger partial charge is 0.118 e. The highest BCUT2D eigenvalue weighted by atomic mass is 19.1. The fourth-order valence-electron chi connectivity index (χ4n) is 1.10. The van der Waals surface area contributed by atoms with Gasteiger partial charge in [-0.2, -0.15) is 5.10 Å². The van der Waals surface area contributed by atoms with Crippen LogP contribution in [0.4, 0.5) is 4.39 Å². The first-order chi connectivity index (χ1) is 8.13. The van der Waals surface area contributed by atoms with E-state index in [9.17, 15) is 4.39 Å². The van der Waals surface area contributed by atoms with Crippen LogP contribution >= 0.6 is 0 Å². The highest BCUT2D eigenvalue weighted by Gasteiger charge is 1.96. The maximum Gasteiger partial charge on any atom is 0.118 e. The summed E-state index contributed by atoms with van der Waals surface area (Å²) in [5.74, 6) is -0.554. The number of nitrogens with zero attached hydrogens (tertiary/aromatic N) is 2. The average molecular weight is 231 g/mol. The summed E-state index contributed by atoms with van der Waals surface area (Å²) in [4.78, 5) is 3.98. The molecule has 0 fully saturated rings. The highest BCUT2D eigenvalue weighted by Crippen LogP contribution is 2.02. The fourth-order valence-corrected chi connectivity index (χ4v) is 1.10. The number of hydrogen-bond donors (Lipinski definition) is 1. The molecule has 0 spiro atoms. The summed E-state index contributed by atoms with van der Waals surface area (Å²) in [6.45, 7) is 8.51. The first-order valence-electron chi connectivity index (χ1n) is 5.02. The lowest BCUT2D eigenvalue weighted by Crippen LogP contribution is -2.08. The molecule has 0 saturated carbocycles. The predicted molar refractivity (Wildman–Crippen MR) is 68.1 cm³/mol. The molecule has 0 aliphatic carbocycles. The van der Waals surface area contributed by atoms with Crippen LogP contribution in [-0.2, 0) is 0 Å². The van der Waals surface area contributed by atoms with E-state index in [-0.39, 0.29) is 0 Å². The molecule has 1 rings (SSSR count). The molecule has 0 unspecified atom stereocenters. The molecule has 1 N–H and O–H groups in total. The molecule has 0 saturated heterocycles. The van der Waals surface area contributed by atoms with Crippen LogP contribution in [0.1, 0.15) is 12.5 Å². The standard InChI is InChI=1S/C13H14FN3/c1-4-13(8-10(2)14)17-16-11(3)12-6-5-7-15-9-12/h4-9,17H,1-2H2,3H3/b13-8+,16-11+. The molecule has 0 radical (unpaired) electrons. The molecule has 0 atom stereocenters. The third-order valence-corrected chi connectivity index (χ3v) is 1.96. The second-order valence-electron chi connectivity index (χ2n) is 3.30. The van der Waals surface area contributed by atoms with Crippen LogP contribution in [-0.4, -0.2) is 10.7 Å². The molecule has 1 aromatic rings. The van der Waals surface area contributed by atoms with E-state index in [1.807, 2.05) is 19.1 Å². The Kier molecular flexibility index (Phi) is 4.81. The Balaban J connectivity index is 2.77. The van der Waals surface area contributed by atoms with E-state index in [0.717, 1.165) is 11.3 Å². The minimum atomic E-state index is -0.554. The van der Waals surface area contributed by atoms with Gasteiger partial charge in [0.1, 0.15) is 5.83 Å². The SMILES string of the molecule is C=C/C(=C\C(=C)F)N/N=C(\C)c1cccnc1. The van der Waals surface area contributed by atoms with Gasteiger partial charge in [-0.1, -0.05) is 19.2 Å². The van der Waals surface area contributed by atoms with Crippen molar-refractivity contribution in [3.05, 3.63) is 66.9 Å². The van der Waals surface area contributed by atoms with Gasteiger partial charge in [-0.3, -0.25) is 10.4 Å². The Morgan fingerprint density at radius 2 is 2.35 bits per heavy atom. The minimum Gasteiger partial charge on any atom is -0.278 e. The summed E-state index contributed by atoms with van der Waals surface area (Å²) in [7, 11) is 0. The van der Waals surface area contributed by atoms with Crippen molar-refractivity contribution in [2.24, 2.45) is 5.10 Å². The molecule has 0 aliphatic rings. The van der Waals surface area contributed by atoms with Crippen molar-refractivity contribution in [1.82, 2.24) is 10.4 Å². The first-order valence-corrected chi connectivity index (χ1v) is 5.02. The molecule has 1 heterocycles. The van der Waals surface area contributed by atoms with Crippen LogP contribution in [0.15, 0.2) is 66.5 Å². The summed E-state index contributed by atoms with van der Waals surface area (Å²) < 4.78 is 12.6. The number of aromatic nitrogens is 1. The monoisotopic (exact) mass is 231 g/mol. The van der Waals surface area contributed by atoms with Crippen molar-refractivity contribution in [3.8, 4) is 0 Å². The molecule has 0 amide bonds. The Labute approximate surface area is 100 Å². The van der Waals surface area contributed by atoms with Crippen LogP contribution in [0.2, 0.25) is 0 Å². The predicted octanol–water partition coefficient (Wildman–Crippen LogP) is 2.95. The van der Waals surface area contributed by atoms with E-state index in [1.165, 1.54) is 12.2 Å². The number of hydrogen-bond acceptors (Lipinski definition) is 3. The molecular formula is C13H14FN3. The number of allylic oxidation sites excluding steroid dienone is 3. The van der Waals surface area contributed by atoms with E-state index >= 15 is 0 Å². The van der Waals surface area contributed by atoms with Crippen LogP contribution in [0.25, 0.3) is 0 Å². The maximum atomic E-state index is 12.6. The molecule has 0 bridgehead atoms. The Bertz CT molecular complexity index is 461. The van der Waals surface area contributed by atoms with Gasteiger partial charge in [0.15, 0.2) is 0 Å². The van der Waals surface area contributed by atoms with Gasteiger partial charge < -0.3 is 0 Å². The molecule has 4 heteroatoms. The van der Waals surface area contributed by atoms with Gasteiger partial charge in [0.25, 0.3) is 0 Å². The lowest BCUT2D eigenvalue weighted by Gasteiger charge is -2.03. The van der Waals surface area contributed by atoms with E-state index in [0.29, 0.717) is 5.70 Å². The topological polar surface area (TPSA) is 37.3 Å². The van der Waals surface area contributed by atoms with Crippen molar-refractivity contribution < 1.29 is 4.39 Å². The van der Waals surface area contributed by atoms with Gasteiger partial charge in [0, 0.05) is 18.0 Å². The van der Waals surface area contributed by atoms with Crippen LogP contribution in [0.3, 0.4) is 0 Å². The quantitative estimate of drug-likeness (QED) is 0.480. The molecular weight excluding hydrogens is 217 g/mol.